The van der Waals surface area contributed by atoms with E-state index in [2.05, 4.69) is 0 Å². The lowest BCUT2D eigenvalue weighted by Gasteiger charge is -2.41. The standard InChI is InChI=1S/C16H27NO3/c18-15(17-10-12-19-13-11-17)20-16(8-4-5-9-16)14-6-2-1-3-7-14/h14H,1-13H2. The van der Waals surface area contributed by atoms with E-state index in [0.717, 1.165) is 12.8 Å². The van der Waals surface area contributed by atoms with Crippen molar-refractivity contribution in [3.8, 4) is 0 Å². The smallest absolute Gasteiger partial charge is 0.410 e. The Bertz CT molecular complexity index is 327. The van der Waals surface area contributed by atoms with Gasteiger partial charge >= 0.3 is 6.09 Å². The number of hydrogen-bond donors (Lipinski definition) is 0. The predicted molar refractivity (Wildman–Crippen MR) is 76.6 cm³/mol. The molecule has 3 rings (SSSR count). The van der Waals surface area contributed by atoms with Crippen LogP contribution in [0.5, 0.6) is 0 Å². The second-order valence-electron chi connectivity index (χ2n) is 6.57. The summed E-state index contributed by atoms with van der Waals surface area (Å²) in [5.41, 5.74) is -0.143. The molecule has 0 spiro atoms. The summed E-state index contributed by atoms with van der Waals surface area (Å²) in [6.07, 6.45) is 10.9. The summed E-state index contributed by atoms with van der Waals surface area (Å²) in [5, 5.41) is 0. The van der Waals surface area contributed by atoms with Gasteiger partial charge in [0.25, 0.3) is 0 Å². The van der Waals surface area contributed by atoms with Crippen molar-refractivity contribution in [3.05, 3.63) is 0 Å². The zero-order valence-electron chi connectivity index (χ0n) is 12.4. The van der Waals surface area contributed by atoms with Crippen molar-refractivity contribution in [2.45, 2.75) is 63.4 Å². The SMILES string of the molecule is O=C(OC1(C2CCCCC2)CCCC1)N1CCOCC1. The van der Waals surface area contributed by atoms with Crippen molar-refractivity contribution in [2.75, 3.05) is 26.3 Å². The van der Waals surface area contributed by atoms with Gasteiger partial charge in [0.1, 0.15) is 5.60 Å². The highest BCUT2D eigenvalue weighted by molar-refractivity contribution is 5.68. The van der Waals surface area contributed by atoms with Gasteiger partial charge in [0.15, 0.2) is 0 Å². The van der Waals surface area contributed by atoms with Gasteiger partial charge in [-0.25, -0.2) is 4.79 Å². The monoisotopic (exact) mass is 281 g/mol. The second kappa shape index (κ2) is 6.33. The average molecular weight is 281 g/mol. The van der Waals surface area contributed by atoms with Gasteiger partial charge in [-0.05, 0) is 44.4 Å². The maximum Gasteiger partial charge on any atom is 0.410 e. The molecule has 0 aromatic carbocycles. The van der Waals surface area contributed by atoms with Crippen LogP contribution in [0.2, 0.25) is 0 Å². The zero-order chi connectivity index (χ0) is 13.8. The highest BCUT2D eigenvalue weighted by Gasteiger charge is 2.45. The van der Waals surface area contributed by atoms with E-state index in [1.54, 1.807) is 0 Å². The second-order valence-corrected chi connectivity index (χ2v) is 6.57. The van der Waals surface area contributed by atoms with Crippen LogP contribution in [0.25, 0.3) is 0 Å². The predicted octanol–water partition coefficient (Wildman–Crippen LogP) is 3.35. The summed E-state index contributed by atoms with van der Waals surface area (Å²) >= 11 is 0. The van der Waals surface area contributed by atoms with Crippen LogP contribution in [-0.4, -0.2) is 42.9 Å². The minimum atomic E-state index is -0.143. The molecule has 2 aliphatic carbocycles. The zero-order valence-corrected chi connectivity index (χ0v) is 12.4. The van der Waals surface area contributed by atoms with Gasteiger partial charge in [-0.15, -0.1) is 0 Å². The first-order valence-electron chi connectivity index (χ1n) is 8.36. The van der Waals surface area contributed by atoms with Crippen LogP contribution in [0.15, 0.2) is 0 Å². The van der Waals surface area contributed by atoms with E-state index in [-0.39, 0.29) is 11.7 Å². The average Bonchev–Trinajstić information content (AvgIpc) is 2.99. The van der Waals surface area contributed by atoms with Gasteiger partial charge in [-0.3, -0.25) is 0 Å². The molecule has 2 saturated carbocycles. The minimum Gasteiger partial charge on any atom is -0.443 e. The summed E-state index contributed by atoms with van der Waals surface area (Å²) in [4.78, 5) is 14.3. The van der Waals surface area contributed by atoms with Crippen molar-refractivity contribution in [1.29, 1.82) is 0 Å². The van der Waals surface area contributed by atoms with E-state index in [1.165, 1.54) is 44.9 Å². The highest BCUT2D eigenvalue weighted by atomic mass is 16.6. The van der Waals surface area contributed by atoms with Gasteiger partial charge in [0.05, 0.1) is 13.2 Å². The molecule has 1 saturated heterocycles. The van der Waals surface area contributed by atoms with Crippen LogP contribution in [-0.2, 0) is 9.47 Å². The van der Waals surface area contributed by atoms with Crippen molar-refractivity contribution in [2.24, 2.45) is 5.92 Å². The molecule has 4 nitrogen and oxygen atoms in total. The molecule has 0 aromatic rings. The Hall–Kier alpha value is -0.770. The van der Waals surface area contributed by atoms with Crippen LogP contribution in [0.4, 0.5) is 4.79 Å². The molecule has 0 unspecified atom stereocenters. The fourth-order valence-electron chi connectivity index (χ4n) is 4.18. The molecule has 0 aromatic heterocycles. The first-order chi connectivity index (χ1) is 9.80. The topological polar surface area (TPSA) is 38.8 Å². The molecule has 0 radical (unpaired) electrons. The lowest BCUT2D eigenvalue weighted by atomic mass is 9.76. The molecule has 3 aliphatic rings. The van der Waals surface area contributed by atoms with Crippen LogP contribution < -0.4 is 0 Å². The molecule has 0 atom stereocenters. The first kappa shape index (κ1) is 14.2. The van der Waals surface area contributed by atoms with Gasteiger partial charge in [-0.1, -0.05) is 19.3 Å². The number of morpholine rings is 1. The van der Waals surface area contributed by atoms with Crippen molar-refractivity contribution in [1.82, 2.24) is 4.90 Å². The summed E-state index contributed by atoms with van der Waals surface area (Å²) in [6.45, 7) is 2.65. The molecule has 1 aliphatic heterocycles. The number of rotatable bonds is 2. The van der Waals surface area contributed by atoms with Crippen LogP contribution in [0.3, 0.4) is 0 Å². The van der Waals surface area contributed by atoms with Crippen molar-refractivity contribution >= 4 is 6.09 Å². The van der Waals surface area contributed by atoms with Gasteiger partial charge in [0.2, 0.25) is 0 Å². The number of nitrogens with zero attached hydrogens (tertiary/aromatic N) is 1. The molecule has 0 N–H and O–H groups in total. The third-order valence-corrected chi connectivity index (χ3v) is 5.36. The van der Waals surface area contributed by atoms with Crippen molar-refractivity contribution < 1.29 is 14.3 Å². The quantitative estimate of drug-likeness (QED) is 0.779. The molecule has 4 heteroatoms. The van der Waals surface area contributed by atoms with Crippen LogP contribution in [0, 0.1) is 5.92 Å². The summed E-state index contributed by atoms with van der Waals surface area (Å²) < 4.78 is 11.4. The maximum absolute atomic E-state index is 12.5. The normalized spacial score (nSPS) is 27.5. The summed E-state index contributed by atoms with van der Waals surface area (Å²) in [5.74, 6) is 0.601. The van der Waals surface area contributed by atoms with Crippen LogP contribution >= 0.6 is 0 Å². The fourth-order valence-corrected chi connectivity index (χ4v) is 4.18. The van der Waals surface area contributed by atoms with Gasteiger partial charge < -0.3 is 14.4 Å². The largest absolute Gasteiger partial charge is 0.443 e. The Kier molecular flexibility index (Phi) is 4.49. The number of hydrogen-bond acceptors (Lipinski definition) is 3. The third-order valence-electron chi connectivity index (χ3n) is 5.36. The minimum absolute atomic E-state index is 0.0965. The van der Waals surface area contributed by atoms with E-state index in [4.69, 9.17) is 9.47 Å². The van der Waals surface area contributed by atoms with Gasteiger partial charge in [-0.2, -0.15) is 0 Å². The van der Waals surface area contributed by atoms with E-state index < -0.39 is 0 Å². The summed E-state index contributed by atoms with van der Waals surface area (Å²) in [6, 6.07) is 0. The van der Waals surface area contributed by atoms with E-state index in [1.807, 2.05) is 4.90 Å². The fraction of sp³-hybridized carbons (Fsp3) is 0.938. The number of carbonyl (C=O) groups is 1. The lowest BCUT2D eigenvalue weighted by Crippen LogP contribution is -2.48. The Morgan fingerprint density at radius 2 is 1.65 bits per heavy atom. The molecule has 20 heavy (non-hydrogen) atoms. The number of amides is 1. The molecule has 0 bridgehead atoms. The molecule has 114 valence electrons. The first-order valence-corrected chi connectivity index (χ1v) is 8.36. The molecular weight excluding hydrogens is 254 g/mol. The van der Waals surface area contributed by atoms with Gasteiger partial charge in [0, 0.05) is 13.1 Å². The lowest BCUT2D eigenvalue weighted by molar-refractivity contribution is -0.0650. The third kappa shape index (κ3) is 2.95. The highest BCUT2D eigenvalue weighted by Crippen LogP contribution is 2.45. The molecular formula is C16H27NO3. The Balaban J connectivity index is 1.65. The number of carbonyl (C=O) groups excluding carboxylic acids is 1. The van der Waals surface area contributed by atoms with E-state index >= 15 is 0 Å². The Morgan fingerprint density at radius 1 is 1.00 bits per heavy atom. The van der Waals surface area contributed by atoms with Crippen LogP contribution in [0.1, 0.15) is 57.8 Å². The molecule has 1 heterocycles. The maximum atomic E-state index is 12.5. The molecule has 3 fully saturated rings. The Morgan fingerprint density at radius 3 is 2.30 bits per heavy atom. The summed E-state index contributed by atoms with van der Waals surface area (Å²) in [7, 11) is 0. The molecule has 1 amide bonds. The van der Waals surface area contributed by atoms with E-state index in [9.17, 15) is 4.79 Å². The van der Waals surface area contributed by atoms with Crippen molar-refractivity contribution in [3.63, 3.8) is 0 Å². The van der Waals surface area contributed by atoms with E-state index in [0.29, 0.717) is 32.2 Å². The number of ether oxygens (including phenoxy) is 2. The Labute approximate surface area is 121 Å².